The van der Waals surface area contributed by atoms with Crippen LogP contribution in [0.5, 0.6) is 0 Å². The number of benzene rings is 3. The number of halogens is 2. The van der Waals surface area contributed by atoms with Crippen molar-refractivity contribution in [2.75, 3.05) is 42.8 Å². The van der Waals surface area contributed by atoms with Gasteiger partial charge < -0.3 is 45.4 Å². The summed E-state index contributed by atoms with van der Waals surface area (Å²) in [5.41, 5.74) is 2.20. The SMILES string of the molecule is COC(=O)N[C@H](C(=O)N1C[C@@H](F)C[C@H]1C(=O)Nc1ccc(CN(Cc2ccc(NC(=O)[C@@H]3C[C@H](F)CN3C(=O)[C@@H](NC(=O)OC)C(C)(C)C)cc2)c2ccccc2)cc1)C(C)(C)C. The molecule has 17 heteroatoms. The summed E-state index contributed by atoms with van der Waals surface area (Å²) in [6.07, 6.45) is -4.81. The van der Waals surface area contributed by atoms with E-state index in [1.54, 1.807) is 65.8 Å². The number of amides is 6. The number of methoxy groups -OCH3 is 2. The molecule has 0 bridgehead atoms. The van der Waals surface area contributed by atoms with Gasteiger partial charge in [0.1, 0.15) is 36.5 Å². The Morgan fingerprint density at radius 2 is 0.984 bits per heavy atom. The molecule has 6 atom stereocenters. The zero-order chi connectivity index (χ0) is 46.2. The Hall–Kier alpha value is -6.26. The molecule has 3 aromatic carbocycles. The van der Waals surface area contributed by atoms with Crippen molar-refractivity contribution in [1.82, 2.24) is 20.4 Å². The van der Waals surface area contributed by atoms with Gasteiger partial charge in [-0.05, 0) is 58.4 Å². The zero-order valence-electron chi connectivity index (χ0n) is 37.1. The highest BCUT2D eigenvalue weighted by Gasteiger charge is 2.47. The fraction of sp³-hybridized carbons (Fsp3) is 0.478. The van der Waals surface area contributed by atoms with Crippen LogP contribution in [0.3, 0.4) is 0 Å². The molecule has 5 rings (SSSR count). The fourth-order valence-corrected chi connectivity index (χ4v) is 7.69. The summed E-state index contributed by atoms with van der Waals surface area (Å²) in [6, 6.07) is 19.9. The number of nitrogens with zero attached hydrogens (tertiary/aromatic N) is 3. The monoisotopic (exact) mass is 875 g/mol. The van der Waals surface area contributed by atoms with Crippen LogP contribution in [0.15, 0.2) is 78.9 Å². The lowest BCUT2D eigenvalue weighted by Gasteiger charge is -2.34. The third kappa shape index (κ3) is 12.4. The Balaban J connectivity index is 1.24. The first-order valence-corrected chi connectivity index (χ1v) is 20.9. The van der Waals surface area contributed by atoms with Gasteiger partial charge in [0.15, 0.2) is 0 Å². The van der Waals surface area contributed by atoms with Crippen LogP contribution >= 0.6 is 0 Å². The lowest BCUT2D eigenvalue weighted by atomic mass is 9.85. The minimum absolute atomic E-state index is 0.181. The van der Waals surface area contributed by atoms with Crippen molar-refractivity contribution in [3.8, 4) is 0 Å². The van der Waals surface area contributed by atoms with E-state index in [0.29, 0.717) is 24.5 Å². The molecule has 340 valence electrons. The second kappa shape index (κ2) is 20.3. The van der Waals surface area contributed by atoms with Crippen molar-refractivity contribution in [3.05, 3.63) is 90.0 Å². The van der Waals surface area contributed by atoms with Gasteiger partial charge in [-0.1, -0.05) is 84.0 Å². The average molecular weight is 876 g/mol. The largest absolute Gasteiger partial charge is 0.453 e. The van der Waals surface area contributed by atoms with E-state index in [1.165, 1.54) is 24.0 Å². The number of likely N-dealkylation sites (tertiary alicyclic amines) is 2. The fourth-order valence-electron chi connectivity index (χ4n) is 7.69. The Kier molecular flexibility index (Phi) is 15.4. The van der Waals surface area contributed by atoms with E-state index in [9.17, 15) is 37.5 Å². The van der Waals surface area contributed by atoms with Gasteiger partial charge in [-0.3, -0.25) is 19.2 Å². The first-order valence-electron chi connectivity index (χ1n) is 20.9. The highest BCUT2D eigenvalue weighted by Crippen LogP contribution is 2.30. The normalized spacial score (nSPS) is 19.7. The first-order chi connectivity index (χ1) is 29.7. The number of carbonyl (C=O) groups is 6. The quantitative estimate of drug-likeness (QED) is 0.156. The number of carbonyl (C=O) groups excluding carboxylic acids is 6. The van der Waals surface area contributed by atoms with Gasteiger partial charge in [0, 0.05) is 43.0 Å². The van der Waals surface area contributed by atoms with Crippen molar-refractivity contribution in [2.24, 2.45) is 10.8 Å². The van der Waals surface area contributed by atoms with Gasteiger partial charge in [0.05, 0.1) is 27.3 Å². The number of nitrogens with one attached hydrogen (secondary N) is 4. The maximum atomic E-state index is 14.8. The number of alkyl halides is 2. The summed E-state index contributed by atoms with van der Waals surface area (Å²) >= 11 is 0. The number of para-hydroxylation sites is 1. The molecular formula is C46H59F2N7O8. The summed E-state index contributed by atoms with van der Waals surface area (Å²) in [4.78, 5) is 82.9. The molecule has 2 aliphatic heterocycles. The third-order valence-electron chi connectivity index (χ3n) is 11.1. The van der Waals surface area contributed by atoms with E-state index in [0.717, 1.165) is 16.8 Å². The summed E-state index contributed by atoms with van der Waals surface area (Å²) in [7, 11) is 2.36. The summed E-state index contributed by atoms with van der Waals surface area (Å²) in [5, 5.41) is 10.7. The van der Waals surface area contributed by atoms with Gasteiger partial charge in [-0.15, -0.1) is 0 Å². The minimum Gasteiger partial charge on any atom is -0.453 e. The minimum atomic E-state index is -1.42. The van der Waals surface area contributed by atoms with Crippen molar-refractivity contribution in [3.63, 3.8) is 0 Å². The van der Waals surface area contributed by atoms with Crippen molar-refractivity contribution in [1.29, 1.82) is 0 Å². The highest BCUT2D eigenvalue weighted by molar-refractivity contribution is 6.00. The van der Waals surface area contributed by atoms with E-state index in [4.69, 9.17) is 9.47 Å². The average Bonchev–Trinajstić information content (AvgIpc) is 3.84. The molecule has 2 heterocycles. The predicted octanol–water partition coefficient (Wildman–Crippen LogP) is 6.19. The van der Waals surface area contributed by atoms with Crippen molar-refractivity contribution in [2.45, 2.75) is 104 Å². The Labute approximate surface area is 367 Å². The number of alkyl carbamates (subject to hydrolysis) is 2. The molecule has 3 aromatic rings. The summed E-state index contributed by atoms with van der Waals surface area (Å²) in [5.74, 6) is -2.25. The van der Waals surface area contributed by atoms with Crippen LogP contribution in [0, 0.1) is 10.8 Å². The number of hydrogen-bond acceptors (Lipinski definition) is 9. The molecule has 2 fully saturated rings. The number of rotatable bonds is 13. The molecule has 0 unspecified atom stereocenters. The smallest absolute Gasteiger partial charge is 0.407 e. The standard InChI is InChI=1S/C46H59F2N7O8/c1-45(2,3)37(51-43(60)62-7)41(58)54-26-30(47)22-35(54)39(56)49-32-18-14-28(15-19-32)24-53(34-12-10-9-11-13-34)25-29-16-20-33(21-17-29)50-40(57)36-23-31(48)27-55(36)42(59)38(46(4,5)6)52-44(61)63-8/h9-21,30-31,35-38H,22-27H2,1-8H3,(H,49,56)(H,50,57)(H,51,60)(H,52,61)/t30-,31-,35-,36-,37+,38+/m0/s1. The molecule has 0 saturated carbocycles. The van der Waals surface area contributed by atoms with Crippen LogP contribution in [0.25, 0.3) is 0 Å². The Morgan fingerprint density at radius 3 is 1.32 bits per heavy atom. The number of hydrogen-bond donors (Lipinski definition) is 4. The van der Waals surface area contributed by atoms with Gasteiger partial charge in [-0.25, -0.2) is 18.4 Å². The molecule has 0 radical (unpaired) electrons. The van der Waals surface area contributed by atoms with E-state index in [2.05, 4.69) is 26.2 Å². The van der Waals surface area contributed by atoms with Crippen LogP contribution < -0.4 is 26.2 Å². The van der Waals surface area contributed by atoms with Crippen LogP contribution in [-0.2, 0) is 41.7 Å². The molecule has 63 heavy (non-hydrogen) atoms. The zero-order valence-corrected chi connectivity index (χ0v) is 37.1. The predicted molar refractivity (Wildman–Crippen MR) is 234 cm³/mol. The molecular weight excluding hydrogens is 817 g/mol. The molecule has 6 amide bonds. The second-order valence-electron chi connectivity index (χ2n) is 18.1. The summed E-state index contributed by atoms with van der Waals surface area (Å²) < 4.78 is 38.9. The Morgan fingerprint density at radius 1 is 0.619 bits per heavy atom. The molecule has 4 N–H and O–H groups in total. The first kappa shape index (κ1) is 47.8. The van der Waals surface area contributed by atoms with E-state index < -0.39 is 83.2 Å². The van der Waals surface area contributed by atoms with Crippen LogP contribution in [0.4, 0.5) is 35.4 Å². The lowest BCUT2D eigenvalue weighted by molar-refractivity contribution is -0.140. The second-order valence-corrected chi connectivity index (χ2v) is 18.1. The maximum Gasteiger partial charge on any atom is 0.407 e. The highest BCUT2D eigenvalue weighted by atomic mass is 19.1. The third-order valence-corrected chi connectivity index (χ3v) is 11.1. The van der Waals surface area contributed by atoms with Crippen molar-refractivity contribution >= 4 is 52.9 Å². The Bertz CT molecular complexity index is 1960. The van der Waals surface area contributed by atoms with Gasteiger partial charge in [0.2, 0.25) is 23.6 Å². The molecule has 2 aliphatic rings. The van der Waals surface area contributed by atoms with Crippen molar-refractivity contribution < 1.29 is 47.0 Å². The van der Waals surface area contributed by atoms with Gasteiger partial charge in [-0.2, -0.15) is 0 Å². The van der Waals surface area contributed by atoms with Crippen LogP contribution in [0.2, 0.25) is 0 Å². The molecule has 15 nitrogen and oxygen atoms in total. The molecule has 0 aromatic heterocycles. The number of anilines is 3. The van der Waals surface area contributed by atoms with E-state index in [1.807, 2.05) is 54.6 Å². The molecule has 0 aliphatic carbocycles. The van der Waals surface area contributed by atoms with Crippen LogP contribution in [-0.4, -0.2) is 109 Å². The maximum absolute atomic E-state index is 14.8. The van der Waals surface area contributed by atoms with Gasteiger partial charge >= 0.3 is 12.2 Å². The van der Waals surface area contributed by atoms with E-state index >= 15 is 0 Å². The van der Waals surface area contributed by atoms with Crippen LogP contribution in [0.1, 0.15) is 65.5 Å². The summed E-state index contributed by atoms with van der Waals surface area (Å²) in [6.45, 7) is 10.9. The molecule has 0 spiro atoms. The van der Waals surface area contributed by atoms with E-state index in [-0.39, 0.29) is 25.9 Å². The molecule has 2 saturated heterocycles. The van der Waals surface area contributed by atoms with Gasteiger partial charge in [0.25, 0.3) is 0 Å². The number of ether oxygens (including phenoxy) is 2. The lowest BCUT2D eigenvalue weighted by Crippen LogP contribution is -2.57. The topological polar surface area (TPSA) is 179 Å².